The SMILES string of the molecule is CC(=O)O[C@H]1C[C@]2(C(C)(C)OC(=O)c3ccccc3)C(=C1C)[C@@H](OC(C)=O)[C@H](O)[C@@]1(C)[C@H]([C@@H]2O)[C@]2(OC(C)=O)CO[C@@H]2C[C@@H]1O. The molecule has 4 aliphatic rings. The van der Waals surface area contributed by atoms with Crippen LogP contribution in [0.4, 0.5) is 0 Å². The van der Waals surface area contributed by atoms with Gasteiger partial charge in [-0.15, -0.1) is 0 Å². The molecule has 2 saturated carbocycles. The Bertz CT molecular complexity index is 1420. The van der Waals surface area contributed by atoms with Crippen LogP contribution >= 0.6 is 0 Å². The second-order valence-electron chi connectivity index (χ2n) is 13.5. The topological polar surface area (TPSA) is 175 Å². The molecule has 0 bridgehead atoms. The lowest BCUT2D eigenvalue weighted by molar-refractivity contribution is -0.351. The molecule has 10 atom stereocenters. The molecule has 0 amide bonds. The highest BCUT2D eigenvalue weighted by atomic mass is 16.6. The Labute approximate surface area is 261 Å². The first kappa shape index (κ1) is 33.1. The molecule has 12 heteroatoms. The number of benzene rings is 1. The van der Waals surface area contributed by atoms with Crippen molar-refractivity contribution in [2.45, 2.75) is 109 Å². The van der Waals surface area contributed by atoms with E-state index in [1.807, 2.05) is 0 Å². The summed E-state index contributed by atoms with van der Waals surface area (Å²) in [4.78, 5) is 51.2. The van der Waals surface area contributed by atoms with Gasteiger partial charge < -0.3 is 39.0 Å². The number of fused-ring (bicyclic) bond motifs is 4. The normalized spacial score (nSPS) is 38.8. The van der Waals surface area contributed by atoms with Gasteiger partial charge >= 0.3 is 23.9 Å². The number of hydrogen-bond donors (Lipinski definition) is 3. The average Bonchev–Trinajstić information content (AvgIpc) is 3.21. The summed E-state index contributed by atoms with van der Waals surface area (Å²) in [6.45, 7) is 9.85. The Morgan fingerprint density at radius 1 is 0.933 bits per heavy atom. The first-order valence-electron chi connectivity index (χ1n) is 15.1. The standard InChI is InChI=1S/C33H42O12/c1-16-21(42-17(2)34)14-32(30(5,6)45-29(40)20-11-9-8-10-12-20)24(16)25(43-18(3)35)27(38)31(7)22(37)13-23-33(15-41-23,44-19(4)36)26(31)28(32)39/h8-12,21-23,25-28,37-39H,13-15H2,1-7H3/t21-,22-,23+,25+,26-,27-,28-,31+,32-,33-/m0/s1. The summed E-state index contributed by atoms with van der Waals surface area (Å²) < 4.78 is 29.5. The van der Waals surface area contributed by atoms with Gasteiger partial charge in [-0.05, 0) is 44.1 Å². The minimum absolute atomic E-state index is 0.0374. The predicted octanol–water partition coefficient (Wildman–Crippen LogP) is 2.02. The van der Waals surface area contributed by atoms with Crippen molar-refractivity contribution in [2.24, 2.45) is 16.7 Å². The third-order valence-corrected chi connectivity index (χ3v) is 10.7. The maximum Gasteiger partial charge on any atom is 0.338 e. The molecule has 5 rings (SSSR count). The zero-order chi connectivity index (χ0) is 33.3. The van der Waals surface area contributed by atoms with Crippen LogP contribution in [0.2, 0.25) is 0 Å². The number of rotatable bonds is 6. The first-order valence-corrected chi connectivity index (χ1v) is 15.1. The van der Waals surface area contributed by atoms with E-state index in [-0.39, 0.29) is 30.6 Å². The van der Waals surface area contributed by atoms with E-state index >= 15 is 0 Å². The van der Waals surface area contributed by atoms with E-state index in [2.05, 4.69) is 0 Å². The smallest absolute Gasteiger partial charge is 0.338 e. The Balaban J connectivity index is 1.81. The lowest BCUT2D eigenvalue weighted by atomic mass is 9.49. The van der Waals surface area contributed by atoms with Crippen LogP contribution in [-0.2, 0) is 38.1 Å². The molecule has 1 heterocycles. The van der Waals surface area contributed by atoms with Crippen molar-refractivity contribution in [3.63, 3.8) is 0 Å². The molecule has 3 aliphatic carbocycles. The molecular weight excluding hydrogens is 588 g/mol. The number of ether oxygens (including phenoxy) is 5. The van der Waals surface area contributed by atoms with Gasteiger partial charge in [-0.25, -0.2) is 4.79 Å². The van der Waals surface area contributed by atoms with Crippen molar-refractivity contribution in [3.8, 4) is 0 Å². The highest BCUT2D eigenvalue weighted by Gasteiger charge is 2.78. The molecule has 1 aromatic rings. The van der Waals surface area contributed by atoms with E-state index in [0.717, 1.165) is 6.92 Å². The monoisotopic (exact) mass is 630 g/mol. The molecular formula is C33H42O12. The first-order chi connectivity index (χ1) is 20.9. The highest BCUT2D eigenvalue weighted by molar-refractivity contribution is 5.89. The molecule has 0 unspecified atom stereocenters. The average molecular weight is 631 g/mol. The van der Waals surface area contributed by atoms with E-state index in [1.165, 1.54) is 13.8 Å². The molecule has 246 valence electrons. The van der Waals surface area contributed by atoms with E-state index < -0.39 is 88.5 Å². The summed E-state index contributed by atoms with van der Waals surface area (Å²) >= 11 is 0. The fraction of sp³-hybridized carbons (Fsp3) is 0.636. The number of carbonyl (C=O) groups excluding carboxylic acids is 4. The van der Waals surface area contributed by atoms with E-state index in [0.29, 0.717) is 5.57 Å². The van der Waals surface area contributed by atoms with Gasteiger partial charge in [0.1, 0.15) is 23.9 Å². The summed E-state index contributed by atoms with van der Waals surface area (Å²) in [5, 5.41) is 37.0. The van der Waals surface area contributed by atoms with Crippen molar-refractivity contribution >= 4 is 23.9 Å². The Morgan fingerprint density at radius 2 is 1.56 bits per heavy atom. The van der Waals surface area contributed by atoms with Crippen LogP contribution in [0.25, 0.3) is 0 Å². The molecule has 0 spiro atoms. The van der Waals surface area contributed by atoms with Crippen molar-refractivity contribution in [3.05, 3.63) is 47.0 Å². The van der Waals surface area contributed by atoms with Crippen LogP contribution in [0.15, 0.2) is 41.5 Å². The number of aliphatic hydroxyl groups excluding tert-OH is 3. The Morgan fingerprint density at radius 3 is 2.09 bits per heavy atom. The zero-order valence-corrected chi connectivity index (χ0v) is 26.6. The van der Waals surface area contributed by atoms with Crippen LogP contribution < -0.4 is 0 Å². The maximum atomic E-state index is 13.6. The molecule has 0 aromatic heterocycles. The van der Waals surface area contributed by atoms with Gasteiger partial charge in [0.25, 0.3) is 0 Å². The Kier molecular flexibility index (Phi) is 8.21. The van der Waals surface area contributed by atoms with Crippen molar-refractivity contribution in [2.75, 3.05) is 6.61 Å². The second-order valence-corrected chi connectivity index (χ2v) is 13.5. The van der Waals surface area contributed by atoms with Crippen molar-refractivity contribution in [1.29, 1.82) is 0 Å². The van der Waals surface area contributed by atoms with Crippen molar-refractivity contribution in [1.82, 2.24) is 0 Å². The minimum Gasteiger partial charge on any atom is -0.458 e. The summed E-state index contributed by atoms with van der Waals surface area (Å²) in [6.07, 6.45) is -8.06. The number of esters is 4. The molecule has 0 radical (unpaired) electrons. The van der Waals surface area contributed by atoms with Crippen LogP contribution in [-0.4, -0.2) is 93.6 Å². The molecule has 1 saturated heterocycles. The van der Waals surface area contributed by atoms with Crippen LogP contribution in [0, 0.1) is 16.7 Å². The maximum absolute atomic E-state index is 13.6. The third kappa shape index (κ3) is 4.79. The predicted molar refractivity (Wildman–Crippen MR) is 155 cm³/mol. The van der Waals surface area contributed by atoms with E-state index in [9.17, 15) is 34.5 Å². The molecule has 1 aromatic carbocycles. The number of aliphatic hydroxyl groups is 3. The van der Waals surface area contributed by atoms with Gasteiger partial charge in [0.15, 0.2) is 11.7 Å². The second kappa shape index (κ2) is 11.2. The van der Waals surface area contributed by atoms with Gasteiger partial charge in [0.05, 0.1) is 29.8 Å². The van der Waals surface area contributed by atoms with Crippen molar-refractivity contribution < 1.29 is 58.2 Å². The minimum atomic E-state index is -1.71. The van der Waals surface area contributed by atoms with Crippen LogP contribution in [0.3, 0.4) is 0 Å². The molecule has 12 nitrogen and oxygen atoms in total. The van der Waals surface area contributed by atoms with Crippen LogP contribution in [0.5, 0.6) is 0 Å². The fourth-order valence-corrected chi connectivity index (χ4v) is 8.65. The van der Waals surface area contributed by atoms with E-state index in [4.69, 9.17) is 23.7 Å². The molecule has 1 aliphatic heterocycles. The van der Waals surface area contributed by atoms with Gasteiger partial charge in [0.2, 0.25) is 0 Å². The Hall–Kier alpha value is -3.32. The summed E-state index contributed by atoms with van der Waals surface area (Å²) in [5.41, 5.74) is -5.68. The van der Waals surface area contributed by atoms with Gasteiger partial charge in [-0.1, -0.05) is 25.1 Å². The van der Waals surface area contributed by atoms with Crippen LogP contribution in [0.1, 0.15) is 71.7 Å². The highest BCUT2D eigenvalue weighted by Crippen LogP contribution is 2.68. The molecule has 3 N–H and O–H groups in total. The summed E-state index contributed by atoms with van der Waals surface area (Å²) in [6, 6.07) is 8.23. The van der Waals surface area contributed by atoms with Gasteiger partial charge in [-0.2, -0.15) is 0 Å². The summed E-state index contributed by atoms with van der Waals surface area (Å²) in [7, 11) is 0. The zero-order valence-electron chi connectivity index (χ0n) is 26.6. The number of carbonyl (C=O) groups is 4. The lowest BCUT2D eigenvalue weighted by Gasteiger charge is -2.65. The quantitative estimate of drug-likeness (QED) is 0.237. The summed E-state index contributed by atoms with van der Waals surface area (Å²) in [5.74, 6) is -3.99. The largest absolute Gasteiger partial charge is 0.458 e. The van der Waals surface area contributed by atoms with Gasteiger partial charge in [0, 0.05) is 44.9 Å². The molecule has 3 fully saturated rings. The van der Waals surface area contributed by atoms with Gasteiger partial charge in [-0.3, -0.25) is 14.4 Å². The lowest BCUT2D eigenvalue weighted by Crippen LogP contribution is -2.78. The number of hydrogen-bond acceptors (Lipinski definition) is 12. The molecule has 45 heavy (non-hydrogen) atoms. The van der Waals surface area contributed by atoms with E-state index in [1.54, 1.807) is 58.0 Å². The fourth-order valence-electron chi connectivity index (χ4n) is 8.65. The third-order valence-electron chi connectivity index (χ3n) is 10.7.